The normalized spacial score (nSPS) is 11.1. The Morgan fingerprint density at radius 1 is 1.21 bits per heavy atom. The number of nitrogens with one attached hydrogen (secondary N) is 2. The minimum absolute atomic E-state index is 0. The predicted molar refractivity (Wildman–Crippen MR) is 121 cm³/mol. The van der Waals surface area contributed by atoms with Crippen molar-refractivity contribution in [2.24, 2.45) is 4.99 Å². The van der Waals surface area contributed by atoms with E-state index < -0.39 is 0 Å². The van der Waals surface area contributed by atoms with Gasteiger partial charge in [-0.05, 0) is 23.8 Å². The quantitative estimate of drug-likeness (QED) is 0.273. The monoisotopic (exact) mass is 514 g/mol. The van der Waals surface area contributed by atoms with Crippen molar-refractivity contribution in [3.05, 3.63) is 71.2 Å². The van der Waals surface area contributed by atoms with E-state index in [-0.39, 0.29) is 24.0 Å². The lowest BCUT2D eigenvalue weighted by Crippen LogP contribution is -2.38. The number of hydrogen-bond donors (Lipinski definition) is 2. The Morgan fingerprint density at radius 2 is 2.07 bits per heavy atom. The van der Waals surface area contributed by atoms with Gasteiger partial charge in [-0.3, -0.25) is 0 Å². The summed E-state index contributed by atoms with van der Waals surface area (Å²) in [6.07, 6.45) is 4.25. The van der Waals surface area contributed by atoms with E-state index in [0.29, 0.717) is 30.6 Å². The molecule has 0 saturated heterocycles. The van der Waals surface area contributed by atoms with Crippen LogP contribution in [0.2, 0.25) is 5.02 Å². The molecule has 2 heterocycles. The predicted octanol–water partition coefficient (Wildman–Crippen LogP) is 3.64. The van der Waals surface area contributed by atoms with Gasteiger partial charge in [-0.15, -0.1) is 34.2 Å². The molecule has 2 N–H and O–H groups in total. The average molecular weight is 515 g/mol. The van der Waals surface area contributed by atoms with Gasteiger partial charge in [-0.25, -0.2) is 4.99 Å². The topological polar surface area (TPSA) is 80.3 Å². The molecule has 2 aromatic heterocycles. The summed E-state index contributed by atoms with van der Waals surface area (Å²) in [6, 6.07) is 11.5. The Balaban J connectivity index is 0.00000280. The molecule has 150 valence electrons. The van der Waals surface area contributed by atoms with Crippen molar-refractivity contribution in [1.82, 2.24) is 25.4 Å². The number of rotatable bonds is 8. The Hall–Kier alpha value is -2.07. The highest BCUT2D eigenvalue weighted by molar-refractivity contribution is 14.0. The van der Waals surface area contributed by atoms with E-state index in [1.54, 1.807) is 12.6 Å². The van der Waals surface area contributed by atoms with E-state index in [1.807, 2.05) is 41.0 Å². The highest BCUT2D eigenvalue weighted by Gasteiger charge is 2.05. The number of hydrogen-bond acceptors (Lipinski definition) is 4. The smallest absolute Gasteiger partial charge is 0.192 e. The summed E-state index contributed by atoms with van der Waals surface area (Å²) in [5.41, 5.74) is 0.977. The first-order chi connectivity index (χ1) is 13.3. The van der Waals surface area contributed by atoms with Gasteiger partial charge in [0.15, 0.2) is 5.96 Å². The molecule has 9 heteroatoms. The average Bonchev–Trinajstić information content (AvgIpc) is 3.36. The fourth-order valence-corrected chi connectivity index (χ4v) is 2.78. The SMILES string of the molecule is CCc1nncn1CCNC(=NCc1ccccc1Cl)NCc1ccco1.I. The van der Waals surface area contributed by atoms with Gasteiger partial charge in [0.25, 0.3) is 0 Å². The van der Waals surface area contributed by atoms with Crippen LogP contribution in [0.25, 0.3) is 0 Å². The molecule has 3 aromatic rings. The molecule has 0 aliphatic heterocycles. The molecule has 0 unspecified atom stereocenters. The number of aromatic nitrogens is 3. The number of aryl methyl sites for hydroxylation is 1. The Morgan fingerprint density at radius 3 is 2.82 bits per heavy atom. The van der Waals surface area contributed by atoms with Gasteiger partial charge >= 0.3 is 0 Å². The first kappa shape index (κ1) is 22.2. The molecule has 0 amide bonds. The molecule has 1 aromatic carbocycles. The van der Waals surface area contributed by atoms with Crippen molar-refractivity contribution in [3.8, 4) is 0 Å². The maximum Gasteiger partial charge on any atom is 0.192 e. The van der Waals surface area contributed by atoms with Gasteiger partial charge in [0, 0.05) is 24.5 Å². The minimum Gasteiger partial charge on any atom is -0.467 e. The van der Waals surface area contributed by atoms with Crippen molar-refractivity contribution in [2.75, 3.05) is 6.54 Å². The molecular formula is C19H24ClIN6O. The van der Waals surface area contributed by atoms with Crippen molar-refractivity contribution in [1.29, 1.82) is 0 Å². The van der Waals surface area contributed by atoms with E-state index in [0.717, 1.165) is 30.1 Å². The molecule has 28 heavy (non-hydrogen) atoms. The molecule has 0 atom stereocenters. The number of nitrogens with zero attached hydrogens (tertiary/aromatic N) is 4. The standard InChI is InChI=1S/C19H23ClN6O.HI/c1-2-18-25-24-14-26(18)10-9-21-19(23-13-16-7-5-11-27-16)22-12-15-6-3-4-8-17(15)20;/h3-8,11,14H,2,9-10,12-13H2,1H3,(H2,21,22,23);1H. The highest BCUT2D eigenvalue weighted by Crippen LogP contribution is 2.15. The maximum atomic E-state index is 6.23. The molecule has 7 nitrogen and oxygen atoms in total. The zero-order chi connectivity index (χ0) is 18.9. The summed E-state index contributed by atoms with van der Waals surface area (Å²) in [7, 11) is 0. The van der Waals surface area contributed by atoms with E-state index in [9.17, 15) is 0 Å². The molecular weight excluding hydrogens is 491 g/mol. The lowest BCUT2D eigenvalue weighted by atomic mass is 10.2. The molecule has 0 spiro atoms. The van der Waals surface area contributed by atoms with Crippen LogP contribution in [0, 0.1) is 0 Å². The van der Waals surface area contributed by atoms with Crippen LogP contribution < -0.4 is 10.6 Å². The summed E-state index contributed by atoms with van der Waals surface area (Å²) in [4.78, 5) is 4.64. The molecule has 0 fully saturated rings. The van der Waals surface area contributed by atoms with Gasteiger partial charge in [-0.1, -0.05) is 36.7 Å². The number of aliphatic imine (C=N–C) groups is 1. The van der Waals surface area contributed by atoms with Crippen LogP contribution in [0.15, 0.2) is 58.4 Å². The molecule has 0 aliphatic rings. The number of guanidine groups is 1. The Kier molecular flexibility index (Phi) is 9.29. The van der Waals surface area contributed by atoms with E-state index >= 15 is 0 Å². The van der Waals surface area contributed by atoms with E-state index in [4.69, 9.17) is 16.0 Å². The summed E-state index contributed by atoms with van der Waals surface area (Å²) in [6.45, 7) is 4.55. The molecule has 0 saturated carbocycles. The van der Waals surface area contributed by atoms with Crippen LogP contribution in [0.3, 0.4) is 0 Å². The van der Waals surface area contributed by atoms with Gasteiger partial charge in [-0.2, -0.15) is 0 Å². The van der Waals surface area contributed by atoms with Crippen molar-refractivity contribution >= 4 is 41.5 Å². The lowest BCUT2D eigenvalue weighted by Gasteiger charge is -2.13. The van der Waals surface area contributed by atoms with Crippen molar-refractivity contribution in [2.45, 2.75) is 33.0 Å². The van der Waals surface area contributed by atoms with Gasteiger partial charge in [0.1, 0.15) is 17.9 Å². The van der Waals surface area contributed by atoms with Crippen LogP contribution in [-0.2, 0) is 26.1 Å². The van der Waals surface area contributed by atoms with E-state index in [1.165, 1.54) is 0 Å². The molecule has 3 rings (SSSR count). The molecule has 0 radical (unpaired) electrons. The Bertz CT molecular complexity index is 865. The lowest BCUT2D eigenvalue weighted by molar-refractivity contribution is 0.501. The van der Waals surface area contributed by atoms with Gasteiger partial charge in [0.05, 0.1) is 19.4 Å². The van der Waals surface area contributed by atoms with Crippen LogP contribution in [0.1, 0.15) is 24.1 Å². The largest absolute Gasteiger partial charge is 0.467 e. The third-order valence-electron chi connectivity index (χ3n) is 4.03. The second kappa shape index (κ2) is 11.7. The van der Waals surface area contributed by atoms with E-state index in [2.05, 4.69) is 32.7 Å². The first-order valence-corrected chi connectivity index (χ1v) is 9.28. The third-order valence-corrected chi connectivity index (χ3v) is 4.40. The zero-order valence-corrected chi connectivity index (χ0v) is 18.7. The highest BCUT2D eigenvalue weighted by atomic mass is 127. The fourth-order valence-electron chi connectivity index (χ4n) is 2.58. The number of benzene rings is 1. The first-order valence-electron chi connectivity index (χ1n) is 8.91. The maximum absolute atomic E-state index is 6.23. The van der Waals surface area contributed by atoms with Crippen LogP contribution in [-0.4, -0.2) is 27.3 Å². The van der Waals surface area contributed by atoms with Crippen molar-refractivity contribution < 1.29 is 4.42 Å². The summed E-state index contributed by atoms with van der Waals surface area (Å²) in [5.74, 6) is 2.50. The third kappa shape index (κ3) is 6.52. The minimum atomic E-state index is 0. The van der Waals surface area contributed by atoms with Crippen LogP contribution >= 0.6 is 35.6 Å². The second-order valence-electron chi connectivity index (χ2n) is 5.91. The van der Waals surface area contributed by atoms with Crippen LogP contribution in [0.4, 0.5) is 0 Å². The number of halogens is 2. The summed E-state index contributed by atoms with van der Waals surface area (Å²) in [5, 5.41) is 15.4. The fraction of sp³-hybridized carbons (Fsp3) is 0.316. The zero-order valence-electron chi connectivity index (χ0n) is 15.6. The second-order valence-corrected chi connectivity index (χ2v) is 6.32. The summed E-state index contributed by atoms with van der Waals surface area (Å²) < 4.78 is 7.41. The van der Waals surface area contributed by atoms with Gasteiger partial charge in [0.2, 0.25) is 0 Å². The van der Waals surface area contributed by atoms with Crippen molar-refractivity contribution in [3.63, 3.8) is 0 Å². The molecule has 0 bridgehead atoms. The Labute approximate surface area is 186 Å². The number of furan rings is 1. The molecule has 0 aliphatic carbocycles. The summed E-state index contributed by atoms with van der Waals surface area (Å²) >= 11 is 6.23. The van der Waals surface area contributed by atoms with Gasteiger partial charge < -0.3 is 19.6 Å². The van der Waals surface area contributed by atoms with Crippen LogP contribution in [0.5, 0.6) is 0 Å².